The minimum absolute atomic E-state index is 0.0243. The Hall–Kier alpha value is -0.810. The maximum atomic E-state index is 14.0. The molecule has 1 fully saturated rings. The highest BCUT2D eigenvalue weighted by molar-refractivity contribution is 8.00. The normalized spacial score (nSPS) is 20.2. The zero-order chi connectivity index (χ0) is 13.1. The van der Waals surface area contributed by atoms with Gasteiger partial charge in [0.15, 0.2) is 11.6 Å². The van der Waals surface area contributed by atoms with E-state index in [-0.39, 0.29) is 12.1 Å². The Bertz CT molecular complexity index is 426. The van der Waals surface area contributed by atoms with Crippen LogP contribution in [-0.4, -0.2) is 24.1 Å². The fourth-order valence-corrected chi connectivity index (χ4v) is 3.35. The number of hydrogen-bond donors (Lipinski definition) is 1. The van der Waals surface area contributed by atoms with Crippen LogP contribution in [0.5, 0.6) is 0 Å². The fourth-order valence-electron chi connectivity index (χ4n) is 2.17. The summed E-state index contributed by atoms with van der Waals surface area (Å²) < 4.78 is 27.7. The highest BCUT2D eigenvalue weighted by Gasteiger charge is 2.23. The van der Waals surface area contributed by atoms with Gasteiger partial charge in [-0.15, -0.1) is 0 Å². The van der Waals surface area contributed by atoms with Crippen molar-refractivity contribution in [2.75, 3.05) is 23.7 Å². The van der Waals surface area contributed by atoms with Crippen LogP contribution in [0.25, 0.3) is 0 Å². The third-order valence-electron chi connectivity index (χ3n) is 3.30. The van der Waals surface area contributed by atoms with E-state index in [2.05, 4.69) is 6.92 Å². The molecule has 1 atom stereocenters. The van der Waals surface area contributed by atoms with E-state index in [1.165, 1.54) is 0 Å². The van der Waals surface area contributed by atoms with Gasteiger partial charge in [-0.1, -0.05) is 13.0 Å². The number of thioether (sulfide) groups is 1. The largest absolute Gasteiger partial charge is 0.367 e. The van der Waals surface area contributed by atoms with Gasteiger partial charge in [-0.3, -0.25) is 0 Å². The van der Waals surface area contributed by atoms with Crippen molar-refractivity contribution in [3.63, 3.8) is 0 Å². The van der Waals surface area contributed by atoms with Gasteiger partial charge in [-0.25, -0.2) is 8.78 Å². The molecule has 0 aromatic heterocycles. The first-order chi connectivity index (χ1) is 8.67. The lowest BCUT2D eigenvalue weighted by atomic mass is 10.1. The number of rotatable bonds is 3. The van der Waals surface area contributed by atoms with E-state index in [0.29, 0.717) is 10.9 Å². The summed E-state index contributed by atoms with van der Waals surface area (Å²) in [5, 5.41) is 0.496. The molecule has 0 bridgehead atoms. The lowest BCUT2D eigenvalue weighted by Gasteiger charge is -2.34. The van der Waals surface area contributed by atoms with Crippen LogP contribution in [0, 0.1) is 11.6 Å². The second kappa shape index (κ2) is 5.89. The number of halogens is 2. The summed E-state index contributed by atoms with van der Waals surface area (Å²) in [6, 6.07) is 3.22. The van der Waals surface area contributed by atoms with Crippen molar-refractivity contribution in [1.29, 1.82) is 0 Å². The minimum Gasteiger partial charge on any atom is -0.367 e. The minimum atomic E-state index is -0.804. The number of hydrogen-bond acceptors (Lipinski definition) is 3. The molecule has 2 rings (SSSR count). The number of benzene rings is 1. The molecule has 0 spiro atoms. The van der Waals surface area contributed by atoms with E-state index in [0.717, 1.165) is 25.3 Å². The predicted molar refractivity (Wildman–Crippen MR) is 73.0 cm³/mol. The van der Waals surface area contributed by atoms with Gasteiger partial charge in [0.25, 0.3) is 0 Å². The molecule has 5 heteroatoms. The molecule has 0 aliphatic carbocycles. The van der Waals surface area contributed by atoms with Crippen molar-refractivity contribution < 1.29 is 8.78 Å². The van der Waals surface area contributed by atoms with E-state index >= 15 is 0 Å². The molecule has 18 heavy (non-hydrogen) atoms. The lowest BCUT2D eigenvalue weighted by molar-refractivity contribution is 0.496. The van der Waals surface area contributed by atoms with Gasteiger partial charge in [0.2, 0.25) is 0 Å². The molecule has 0 radical (unpaired) electrons. The second-order valence-corrected chi connectivity index (χ2v) is 5.83. The summed E-state index contributed by atoms with van der Waals surface area (Å²) in [4.78, 5) is 1.93. The number of anilines is 1. The van der Waals surface area contributed by atoms with Crippen LogP contribution in [0.1, 0.15) is 18.9 Å². The zero-order valence-electron chi connectivity index (χ0n) is 10.5. The lowest BCUT2D eigenvalue weighted by Crippen LogP contribution is -2.38. The third-order valence-corrected chi connectivity index (χ3v) is 4.67. The van der Waals surface area contributed by atoms with E-state index < -0.39 is 11.6 Å². The Morgan fingerprint density at radius 2 is 2.17 bits per heavy atom. The average molecular weight is 272 g/mol. The van der Waals surface area contributed by atoms with Crippen LogP contribution in [-0.2, 0) is 6.54 Å². The van der Waals surface area contributed by atoms with Gasteiger partial charge in [0.1, 0.15) is 0 Å². The Morgan fingerprint density at radius 3 is 2.83 bits per heavy atom. The summed E-state index contributed by atoms with van der Waals surface area (Å²) in [7, 11) is 0. The van der Waals surface area contributed by atoms with Gasteiger partial charge in [-0.2, -0.15) is 11.8 Å². The molecule has 100 valence electrons. The Balaban J connectivity index is 2.25. The van der Waals surface area contributed by atoms with Crippen molar-refractivity contribution in [3.05, 3.63) is 29.3 Å². The SMILES string of the molecule is CCC1CN(c2ccc(CN)c(F)c2F)CCS1. The Labute approximate surface area is 111 Å². The molecule has 1 saturated heterocycles. The smallest absolute Gasteiger partial charge is 0.182 e. The highest BCUT2D eigenvalue weighted by Crippen LogP contribution is 2.29. The van der Waals surface area contributed by atoms with Gasteiger partial charge in [0.05, 0.1) is 5.69 Å². The van der Waals surface area contributed by atoms with Crippen molar-refractivity contribution in [1.82, 2.24) is 0 Å². The molecule has 1 aromatic rings. The summed E-state index contributed by atoms with van der Waals surface area (Å²) in [6.45, 7) is 3.69. The van der Waals surface area contributed by atoms with E-state index in [1.54, 1.807) is 12.1 Å². The molecule has 0 saturated carbocycles. The second-order valence-electron chi connectivity index (χ2n) is 4.42. The molecule has 0 amide bonds. The number of nitrogens with two attached hydrogens (primary N) is 1. The molecule has 1 aliphatic rings. The van der Waals surface area contributed by atoms with Gasteiger partial charge >= 0.3 is 0 Å². The van der Waals surface area contributed by atoms with E-state index in [9.17, 15) is 8.78 Å². The van der Waals surface area contributed by atoms with Gasteiger partial charge < -0.3 is 10.6 Å². The van der Waals surface area contributed by atoms with Crippen molar-refractivity contribution in [2.24, 2.45) is 5.73 Å². The molecule has 2 N–H and O–H groups in total. The first kappa shape index (κ1) is 13.6. The first-order valence-electron chi connectivity index (χ1n) is 6.20. The van der Waals surface area contributed by atoms with Crippen molar-refractivity contribution >= 4 is 17.4 Å². The van der Waals surface area contributed by atoms with Crippen LogP contribution >= 0.6 is 11.8 Å². The zero-order valence-corrected chi connectivity index (χ0v) is 11.3. The van der Waals surface area contributed by atoms with Crippen LogP contribution < -0.4 is 10.6 Å². The molecular weight excluding hydrogens is 254 g/mol. The van der Waals surface area contributed by atoms with Gasteiger partial charge in [-0.05, 0) is 12.5 Å². The molecule has 2 nitrogen and oxygen atoms in total. The van der Waals surface area contributed by atoms with Crippen molar-refractivity contribution in [3.8, 4) is 0 Å². The molecular formula is C13H18F2N2S. The van der Waals surface area contributed by atoms with E-state index in [4.69, 9.17) is 5.73 Å². The van der Waals surface area contributed by atoms with Gasteiger partial charge in [0, 0.05) is 36.2 Å². The van der Waals surface area contributed by atoms with Crippen LogP contribution in [0.15, 0.2) is 12.1 Å². The summed E-state index contributed by atoms with van der Waals surface area (Å²) >= 11 is 1.90. The van der Waals surface area contributed by atoms with Crippen LogP contribution in [0.2, 0.25) is 0 Å². The standard InChI is InChI=1S/C13H18F2N2S/c1-2-10-8-17(5-6-18-10)11-4-3-9(7-16)12(14)13(11)15/h3-4,10H,2,5-8,16H2,1H3. The maximum Gasteiger partial charge on any atom is 0.182 e. The molecule has 1 aliphatic heterocycles. The fraction of sp³-hybridized carbons (Fsp3) is 0.538. The number of nitrogens with zero attached hydrogens (tertiary/aromatic N) is 1. The van der Waals surface area contributed by atoms with Crippen molar-refractivity contribution in [2.45, 2.75) is 25.1 Å². The predicted octanol–water partition coefficient (Wildman–Crippen LogP) is 2.76. The van der Waals surface area contributed by atoms with Crippen LogP contribution in [0.4, 0.5) is 14.5 Å². The molecule has 1 aromatic carbocycles. The quantitative estimate of drug-likeness (QED) is 0.917. The first-order valence-corrected chi connectivity index (χ1v) is 7.25. The van der Waals surface area contributed by atoms with E-state index in [1.807, 2.05) is 16.7 Å². The Morgan fingerprint density at radius 1 is 1.39 bits per heavy atom. The van der Waals surface area contributed by atoms with Crippen LogP contribution in [0.3, 0.4) is 0 Å². The average Bonchev–Trinajstić information content (AvgIpc) is 2.42. The topological polar surface area (TPSA) is 29.3 Å². The Kier molecular flexibility index (Phi) is 4.45. The molecule has 1 heterocycles. The summed E-state index contributed by atoms with van der Waals surface area (Å²) in [6.07, 6.45) is 1.05. The monoisotopic (exact) mass is 272 g/mol. The molecule has 1 unspecified atom stereocenters. The highest BCUT2D eigenvalue weighted by atomic mass is 32.2. The maximum absolute atomic E-state index is 14.0. The summed E-state index contributed by atoms with van der Waals surface area (Å²) in [5.74, 6) is -0.612. The third kappa shape index (κ3) is 2.62. The summed E-state index contributed by atoms with van der Waals surface area (Å²) in [5.41, 5.74) is 5.96.